The van der Waals surface area contributed by atoms with Gasteiger partial charge in [0.2, 0.25) is 0 Å². The molecule has 84 valence electrons. The first-order chi connectivity index (χ1) is 7.23. The highest BCUT2D eigenvalue weighted by Crippen LogP contribution is 2.13. The van der Waals surface area contributed by atoms with Crippen molar-refractivity contribution >= 4 is 6.47 Å². The summed E-state index contributed by atoms with van der Waals surface area (Å²) < 4.78 is 0. The van der Waals surface area contributed by atoms with Crippen molar-refractivity contribution in [1.29, 1.82) is 0 Å². The van der Waals surface area contributed by atoms with E-state index in [4.69, 9.17) is 9.90 Å². The Bertz CT molecular complexity index is 293. The first-order valence-corrected chi connectivity index (χ1v) is 5.41. The Morgan fingerprint density at radius 3 is 2.00 bits per heavy atom. The quantitative estimate of drug-likeness (QED) is 0.775. The summed E-state index contributed by atoms with van der Waals surface area (Å²) in [6.07, 6.45) is 3.47. The van der Waals surface area contributed by atoms with Crippen LogP contribution >= 0.6 is 0 Å². The lowest BCUT2D eigenvalue weighted by atomic mass is 9.99. The lowest BCUT2D eigenvalue weighted by Gasteiger charge is -2.07. The molecule has 1 aromatic rings. The molecule has 0 fully saturated rings. The van der Waals surface area contributed by atoms with Crippen LogP contribution in [0.3, 0.4) is 0 Å². The summed E-state index contributed by atoms with van der Waals surface area (Å²) >= 11 is 0. The molecule has 0 bridgehead atoms. The van der Waals surface area contributed by atoms with Crippen LogP contribution in [0.15, 0.2) is 18.2 Å². The maximum Gasteiger partial charge on any atom is 0.290 e. The van der Waals surface area contributed by atoms with Crippen LogP contribution < -0.4 is 0 Å². The van der Waals surface area contributed by atoms with Gasteiger partial charge in [0.25, 0.3) is 6.47 Å². The molecule has 2 nitrogen and oxygen atoms in total. The Balaban J connectivity index is 0.000000583. The van der Waals surface area contributed by atoms with Crippen molar-refractivity contribution in [2.45, 2.75) is 40.0 Å². The van der Waals surface area contributed by atoms with E-state index >= 15 is 0 Å². The SMILES string of the molecule is CCc1ccc(CC)c(CC)c1.O=CO. The second-order valence-corrected chi connectivity index (χ2v) is 3.27. The molecule has 1 N–H and O–H groups in total. The van der Waals surface area contributed by atoms with Crippen molar-refractivity contribution < 1.29 is 9.90 Å². The fraction of sp³-hybridized carbons (Fsp3) is 0.462. The topological polar surface area (TPSA) is 37.3 Å². The third-order valence-electron chi connectivity index (χ3n) is 2.44. The third kappa shape index (κ3) is 4.63. The predicted octanol–water partition coefficient (Wildman–Crippen LogP) is 3.07. The van der Waals surface area contributed by atoms with Crippen LogP contribution in [0.1, 0.15) is 37.5 Å². The van der Waals surface area contributed by atoms with Crippen LogP contribution in [0.4, 0.5) is 0 Å². The van der Waals surface area contributed by atoms with Gasteiger partial charge < -0.3 is 5.11 Å². The Hall–Kier alpha value is -1.31. The number of hydrogen-bond acceptors (Lipinski definition) is 1. The zero-order chi connectivity index (χ0) is 11.7. The van der Waals surface area contributed by atoms with Crippen molar-refractivity contribution in [1.82, 2.24) is 0 Å². The monoisotopic (exact) mass is 208 g/mol. The maximum absolute atomic E-state index is 8.36. The Morgan fingerprint density at radius 2 is 1.60 bits per heavy atom. The molecule has 0 aliphatic carbocycles. The van der Waals surface area contributed by atoms with Crippen LogP contribution in [-0.4, -0.2) is 11.6 Å². The van der Waals surface area contributed by atoms with Crippen molar-refractivity contribution in [3.63, 3.8) is 0 Å². The summed E-state index contributed by atoms with van der Waals surface area (Å²) in [5.41, 5.74) is 4.50. The van der Waals surface area contributed by atoms with Gasteiger partial charge in [-0.3, -0.25) is 4.79 Å². The lowest BCUT2D eigenvalue weighted by Crippen LogP contribution is -1.92. The van der Waals surface area contributed by atoms with Gasteiger partial charge in [-0.15, -0.1) is 0 Å². The first kappa shape index (κ1) is 13.7. The molecule has 1 rings (SSSR count). The molecule has 1 aromatic carbocycles. The van der Waals surface area contributed by atoms with E-state index in [0.29, 0.717) is 0 Å². The van der Waals surface area contributed by atoms with Crippen LogP contribution in [0.2, 0.25) is 0 Å². The molecule has 0 spiro atoms. The van der Waals surface area contributed by atoms with Gasteiger partial charge in [0.15, 0.2) is 0 Å². The van der Waals surface area contributed by atoms with E-state index in [1.807, 2.05) is 0 Å². The Kier molecular flexibility index (Phi) is 7.33. The molecule has 0 saturated carbocycles. The summed E-state index contributed by atoms with van der Waals surface area (Å²) in [7, 11) is 0. The fourth-order valence-corrected chi connectivity index (χ4v) is 1.57. The zero-order valence-electron chi connectivity index (χ0n) is 9.79. The summed E-state index contributed by atoms with van der Waals surface area (Å²) in [6.45, 7) is 6.41. The van der Waals surface area contributed by atoms with E-state index in [1.165, 1.54) is 16.7 Å². The van der Waals surface area contributed by atoms with Gasteiger partial charge in [0, 0.05) is 0 Å². The summed E-state index contributed by atoms with van der Waals surface area (Å²) in [5.74, 6) is 0. The average molecular weight is 208 g/mol. The van der Waals surface area contributed by atoms with Gasteiger partial charge >= 0.3 is 0 Å². The molecule has 15 heavy (non-hydrogen) atoms. The Morgan fingerprint density at radius 1 is 1.07 bits per heavy atom. The summed E-state index contributed by atoms with van der Waals surface area (Å²) in [5, 5.41) is 6.89. The number of benzene rings is 1. The van der Waals surface area contributed by atoms with Crippen LogP contribution in [0.5, 0.6) is 0 Å². The minimum atomic E-state index is -0.250. The van der Waals surface area contributed by atoms with Gasteiger partial charge in [-0.1, -0.05) is 39.0 Å². The second kappa shape index (κ2) is 8.04. The van der Waals surface area contributed by atoms with Crippen molar-refractivity contribution in [2.24, 2.45) is 0 Å². The maximum atomic E-state index is 8.36. The van der Waals surface area contributed by atoms with Gasteiger partial charge in [0.05, 0.1) is 0 Å². The van der Waals surface area contributed by atoms with Gasteiger partial charge in [-0.25, -0.2) is 0 Å². The van der Waals surface area contributed by atoms with Gasteiger partial charge in [0.1, 0.15) is 0 Å². The Labute approximate surface area is 91.9 Å². The lowest BCUT2D eigenvalue weighted by molar-refractivity contribution is -0.122. The van der Waals surface area contributed by atoms with E-state index in [-0.39, 0.29) is 6.47 Å². The van der Waals surface area contributed by atoms with E-state index in [0.717, 1.165) is 19.3 Å². The zero-order valence-corrected chi connectivity index (χ0v) is 9.79. The first-order valence-electron chi connectivity index (χ1n) is 5.41. The fourth-order valence-electron chi connectivity index (χ4n) is 1.57. The highest BCUT2D eigenvalue weighted by molar-refractivity contribution is 5.32. The molecular formula is C13H20O2. The normalized spacial score (nSPS) is 9.00. The number of hydrogen-bond donors (Lipinski definition) is 1. The molecule has 0 atom stereocenters. The second-order valence-electron chi connectivity index (χ2n) is 3.27. The van der Waals surface area contributed by atoms with E-state index in [2.05, 4.69) is 39.0 Å². The molecule has 0 amide bonds. The van der Waals surface area contributed by atoms with Crippen molar-refractivity contribution in [2.75, 3.05) is 0 Å². The predicted molar refractivity (Wildman–Crippen MR) is 63.3 cm³/mol. The molecule has 0 saturated heterocycles. The van der Waals surface area contributed by atoms with Crippen molar-refractivity contribution in [3.8, 4) is 0 Å². The average Bonchev–Trinajstić information content (AvgIpc) is 2.29. The smallest absolute Gasteiger partial charge is 0.290 e. The minimum Gasteiger partial charge on any atom is -0.483 e. The van der Waals surface area contributed by atoms with E-state index in [9.17, 15) is 0 Å². The molecule has 0 unspecified atom stereocenters. The highest BCUT2D eigenvalue weighted by Gasteiger charge is 1.98. The molecule has 0 aromatic heterocycles. The number of aryl methyl sites for hydroxylation is 3. The molecular weight excluding hydrogens is 188 g/mol. The largest absolute Gasteiger partial charge is 0.483 e. The minimum absolute atomic E-state index is 0.250. The number of carbonyl (C=O) groups is 1. The van der Waals surface area contributed by atoms with Crippen molar-refractivity contribution in [3.05, 3.63) is 34.9 Å². The van der Waals surface area contributed by atoms with Gasteiger partial charge in [-0.05, 0) is 36.0 Å². The molecule has 0 aliphatic heterocycles. The highest BCUT2D eigenvalue weighted by atomic mass is 16.3. The molecule has 2 heteroatoms. The number of rotatable bonds is 3. The summed E-state index contributed by atoms with van der Waals surface area (Å²) in [4.78, 5) is 8.36. The summed E-state index contributed by atoms with van der Waals surface area (Å²) in [6, 6.07) is 6.87. The van der Waals surface area contributed by atoms with Gasteiger partial charge in [-0.2, -0.15) is 0 Å². The van der Waals surface area contributed by atoms with Crippen LogP contribution in [-0.2, 0) is 24.1 Å². The van der Waals surface area contributed by atoms with Crippen LogP contribution in [0.25, 0.3) is 0 Å². The van der Waals surface area contributed by atoms with E-state index < -0.39 is 0 Å². The molecule has 0 radical (unpaired) electrons. The standard InChI is InChI=1S/C12H18.CH2O2/c1-4-10-7-8-11(5-2)12(6-3)9-10;2-1-3/h7-9H,4-6H2,1-3H3;1H,(H,2,3). The van der Waals surface area contributed by atoms with E-state index in [1.54, 1.807) is 0 Å². The molecule has 0 aliphatic rings. The third-order valence-corrected chi connectivity index (χ3v) is 2.44. The molecule has 0 heterocycles. The van der Waals surface area contributed by atoms with Crippen LogP contribution in [0, 0.1) is 0 Å². The number of carboxylic acid groups (broad SMARTS) is 1.